The molecular formula is C22H23N. The van der Waals surface area contributed by atoms with Crippen molar-refractivity contribution in [2.45, 2.75) is 19.8 Å². The molecule has 0 saturated heterocycles. The van der Waals surface area contributed by atoms with Gasteiger partial charge in [-0.3, -0.25) is 0 Å². The van der Waals surface area contributed by atoms with Gasteiger partial charge in [-0.15, -0.1) is 0 Å². The number of para-hydroxylation sites is 1. The minimum atomic E-state index is 0.970. The van der Waals surface area contributed by atoms with Crippen LogP contribution in [0.2, 0.25) is 0 Å². The van der Waals surface area contributed by atoms with Crippen molar-refractivity contribution in [3.63, 3.8) is 0 Å². The van der Waals surface area contributed by atoms with Crippen LogP contribution in [0.25, 0.3) is 0 Å². The second-order valence-corrected chi connectivity index (χ2v) is 5.80. The minimum absolute atomic E-state index is 0.970. The Bertz CT molecular complexity index is 771. The van der Waals surface area contributed by atoms with Gasteiger partial charge in [0.1, 0.15) is 0 Å². The van der Waals surface area contributed by atoms with Crippen molar-refractivity contribution in [1.29, 1.82) is 0 Å². The van der Waals surface area contributed by atoms with E-state index in [1.807, 2.05) is 18.2 Å². The van der Waals surface area contributed by atoms with Crippen molar-refractivity contribution >= 4 is 5.69 Å². The molecule has 0 unspecified atom stereocenters. The second kappa shape index (κ2) is 6.29. The van der Waals surface area contributed by atoms with Crippen molar-refractivity contribution in [2.24, 2.45) is 0 Å². The van der Waals surface area contributed by atoms with Gasteiger partial charge in [0.2, 0.25) is 0 Å². The van der Waals surface area contributed by atoms with Crippen LogP contribution in [0.1, 0.15) is 18.9 Å². The molecule has 1 aliphatic carbocycles. The normalized spacial score (nSPS) is 18.7. The number of hydrogen-bond donors (Lipinski definition) is 0. The van der Waals surface area contributed by atoms with Crippen LogP contribution in [-0.2, 0) is 6.42 Å². The Hall–Kier alpha value is -2.54. The monoisotopic (exact) mass is 301 g/mol. The third-order valence-electron chi connectivity index (χ3n) is 4.69. The first-order valence-corrected chi connectivity index (χ1v) is 8.17. The SMILES string of the molecule is C=CC1=C(C=C)/C(=C\N2CCc3ccccc32)C(CC)=C1C=C. The highest BCUT2D eigenvalue weighted by molar-refractivity contribution is 5.74. The molecular weight excluding hydrogens is 278 g/mol. The summed E-state index contributed by atoms with van der Waals surface area (Å²) in [5.74, 6) is 0. The zero-order valence-electron chi connectivity index (χ0n) is 13.8. The molecule has 0 amide bonds. The fourth-order valence-electron chi connectivity index (χ4n) is 3.62. The minimum Gasteiger partial charge on any atom is -0.347 e. The predicted octanol–water partition coefficient (Wildman–Crippen LogP) is 5.51. The summed E-state index contributed by atoms with van der Waals surface area (Å²) >= 11 is 0. The third-order valence-corrected chi connectivity index (χ3v) is 4.69. The highest BCUT2D eigenvalue weighted by atomic mass is 15.1. The number of rotatable bonds is 5. The Morgan fingerprint density at radius 3 is 2.35 bits per heavy atom. The Balaban J connectivity index is 2.12. The fraction of sp³-hybridized carbons (Fsp3) is 0.182. The molecule has 2 aliphatic rings. The van der Waals surface area contributed by atoms with Gasteiger partial charge in [-0.25, -0.2) is 0 Å². The van der Waals surface area contributed by atoms with Gasteiger partial charge in [0.15, 0.2) is 0 Å². The van der Waals surface area contributed by atoms with Gasteiger partial charge in [0, 0.05) is 24.0 Å². The third kappa shape index (κ3) is 2.43. The van der Waals surface area contributed by atoms with E-state index in [1.54, 1.807) is 0 Å². The van der Waals surface area contributed by atoms with Crippen LogP contribution in [0.3, 0.4) is 0 Å². The van der Waals surface area contributed by atoms with E-state index in [0.29, 0.717) is 0 Å². The van der Waals surface area contributed by atoms with Crippen LogP contribution >= 0.6 is 0 Å². The first-order valence-electron chi connectivity index (χ1n) is 8.17. The first kappa shape index (κ1) is 15.4. The summed E-state index contributed by atoms with van der Waals surface area (Å²) in [6, 6.07) is 8.63. The molecule has 1 heterocycles. The lowest BCUT2D eigenvalue weighted by atomic mass is 10.0. The van der Waals surface area contributed by atoms with Gasteiger partial charge in [0.25, 0.3) is 0 Å². The molecule has 0 atom stereocenters. The van der Waals surface area contributed by atoms with E-state index in [1.165, 1.54) is 28.0 Å². The van der Waals surface area contributed by atoms with Gasteiger partial charge in [0.05, 0.1) is 0 Å². The van der Waals surface area contributed by atoms with E-state index in [0.717, 1.165) is 30.5 Å². The lowest BCUT2D eigenvalue weighted by Gasteiger charge is -2.17. The lowest BCUT2D eigenvalue weighted by Crippen LogP contribution is -2.13. The van der Waals surface area contributed by atoms with E-state index < -0.39 is 0 Å². The smallest absolute Gasteiger partial charge is 0.0439 e. The Morgan fingerprint density at radius 2 is 1.70 bits per heavy atom. The highest BCUT2D eigenvalue weighted by Crippen LogP contribution is 2.41. The Labute approximate surface area is 139 Å². The molecule has 0 N–H and O–H groups in total. The molecule has 0 spiro atoms. The van der Waals surface area contributed by atoms with Crippen molar-refractivity contribution in [1.82, 2.24) is 0 Å². The summed E-state index contributed by atoms with van der Waals surface area (Å²) in [5, 5.41) is 0. The summed E-state index contributed by atoms with van der Waals surface area (Å²) < 4.78 is 0. The van der Waals surface area contributed by atoms with Crippen molar-refractivity contribution < 1.29 is 0 Å². The molecule has 1 nitrogen and oxygen atoms in total. The molecule has 1 aliphatic heterocycles. The number of allylic oxidation sites excluding steroid dienone is 8. The van der Waals surface area contributed by atoms with Gasteiger partial charge in [-0.1, -0.05) is 63.1 Å². The van der Waals surface area contributed by atoms with Crippen LogP contribution in [0.15, 0.2) is 96.3 Å². The van der Waals surface area contributed by atoms with Crippen molar-refractivity contribution in [3.05, 3.63) is 102 Å². The van der Waals surface area contributed by atoms with Gasteiger partial charge >= 0.3 is 0 Å². The Kier molecular flexibility index (Phi) is 4.20. The predicted molar refractivity (Wildman–Crippen MR) is 101 cm³/mol. The molecule has 23 heavy (non-hydrogen) atoms. The van der Waals surface area contributed by atoms with Crippen LogP contribution in [0.5, 0.6) is 0 Å². The molecule has 0 fully saturated rings. The maximum atomic E-state index is 4.02. The summed E-state index contributed by atoms with van der Waals surface area (Å²) in [5.41, 5.74) is 8.81. The second-order valence-electron chi connectivity index (χ2n) is 5.80. The van der Waals surface area contributed by atoms with Crippen LogP contribution in [0.4, 0.5) is 5.69 Å². The number of anilines is 1. The first-order chi connectivity index (χ1) is 11.2. The van der Waals surface area contributed by atoms with Crippen molar-refractivity contribution in [3.8, 4) is 0 Å². The quantitative estimate of drug-likeness (QED) is 0.693. The van der Waals surface area contributed by atoms with Gasteiger partial charge in [-0.2, -0.15) is 0 Å². The molecule has 0 bridgehead atoms. The maximum absolute atomic E-state index is 4.02. The molecule has 0 aromatic heterocycles. The number of benzene rings is 1. The van der Waals surface area contributed by atoms with E-state index in [9.17, 15) is 0 Å². The van der Waals surface area contributed by atoms with E-state index in [2.05, 4.69) is 62.0 Å². The zero-order valence-corrected chi connectivity index (χ0v) is 13.8. The maximum Gasteiger partial charge on any atom is 0.0439 e. The van der Waals surface area contributed by atoms with Crippen LogP contribution < -0.4 is 4.90 Å². The average Bonchev–Trinajstić information content (AvgIpc) is 3.13. The standard InChI is InChI=1S/C22H23N/c1-5-17-18(6-2)20(8-4)21(19(17)7-3)15-23-14-13-16-11-9-10-12-22(16)23/h5-7,9-12,15H,1-3,8,13-14H2,4H3/b21-15+. The largest absolute Gasteiger partial charge is 0.347 e. The number of nitrogens with zero attached hydrogens (tertiary/aromatic N) is 1. The summed E-state index contributed by atoms with van der Waals surface area (Å²) in [7, 11) is 0. The van der Waals surface area contributed by atoms with E-state index >= 15 is 0 Å². The molecule has 1 aromatic carbocycles. The fourth-order valence-corrected chi connectivity index (χ4v) is 3.62. The highest BCUT2D eigenvalue weighted by Gasteiger charge is 2.25. The van der Waals surface area contributed by atoms with Gasteiger partial charge < -0.3 is 4.90 Å². The van der Waals surface area contributed by atoms with Crippen LogP contribution in [-0.4, -0.2) is 6.54 Å². The van der Waals surface area contributed by atoms with Gasteiger partial charge in [-0.05, 0) is 46.8 Å². The summed E-state index contributed by atoms with van der Waals surface area (Å²) in [6.45, 7) is 15.2. The summed E-state index contributed by atoms with van der Waals surface area (Å²) in [6.07, 6.45) is 10.2. The Morgan fingerprint density at radius 1 is 1.00 bits per heavy atom. The zero-order chi connectivity index (χ0) is 16.4. The molecule has 0 saturated carbocycles. The van der Waals surface area contributed by atoms with E-state index in [-0.39, 0.29) is 0 Å². The summed E-state index contributed by atoms with van der Waals surface area (Å²) in [4.78, 5) is 2.36. The lowest BCUT2D eigenvalue weighted by molar-refractivity contribution is 0.982. The average molecular weight is 301 g/mol. The van der Waals surface area contributed by atoms with E-state index in [4.69, 9.17) is 0 Å². The molecule has 3 rings (SSSR count). The molecule has 0 radical (unpaired) electrons. The number of hydrogen-bond acceptors (Lipinski definition) is 1. The topological polar surface area (TPSA) is 3.24 Å². The van der Waals surface area contributed by atoms with Crippen LogP contribution in [0, 0.1) is 0 Å². The molecule has 1 heteroatoms. The molecule has 1 aromatic rings. The molecule has 116 valence electrons. The van der Waals surface area contributed by atoms with Crippen molar-refractivity contribution in [2.75, 3.05) is 11.4 Å². The number of fused-ring (bicyclic) bond motifs is 1.